The Labute approximate surface area is 91.9 Å². The van der Waals surface area contributed by atoms with Crippen LogP contribution in [0.2, 0.25) is 5.02 Å². The molecule has 6 heteroatoms. The number of benzene rings is 1. The van der Waals surface area contributed by atoms with Gasteiger partial charge in [0.05, 0.1) is 0 Å². The minimum Gasteiger partial charge on any atom is -0.431 e. The summed E-state index contributed by atoms with van der Waals surface area (Å²) in [4.78, 5) is 0. The van der Waals surface area contributed by atoms with Crippen molar-refractivity contribution in [2.45, 2.75) is 6.23 Å². The fraction of sp³-hybridized carbons (Fsp3) is 0.125. The maximum Gasteiger partial charge on any atom is 0.330 e. The summed E-state index contributed by atoms with van der Waals surface area (Å²) >= 11 is 5.90. The van der Waals surface area contributed by atoms with Crippen LogP contribution in [0, 0.1) is 5.41 Å². The van der Waals surface area contributed by atoms with Gasteiger partial charge < -0.3 is 4.74 Å². The highest BCUT2D eigenvalue weighted by atomic mass is 35.5. The van der Waals surface area contributed by atoms with Crippen molar-refractivity contribution in [3.05, 3.63) is 34.9 Å². The average molecular weight is 232 g/mol. The molecule has 4 nitrogen and oxygen atoms in total. The van der Waals surface area contributed by atoms with E-state index in [0.29, 0.717) is 5.02 Å². The van der Waals surface area contributed by atoms with Crippen molar-refractivity contribution >= 4 is 30.0 Å². The molecule has 0 aliphatic carbocycles. The predicted octanol–water partition coefficient (Wildman–Crippen LogP) is 3.18. The van der Waals surface area contributed by atoms with Crippen LogP contribution in [0.25, 0.3) is 0 Å². The number of ether oxygens (including phenoxy) is 1. The van der Waals surface area contributed by atoms with Crippen LogP contribution < -0.4 is 0 Å². The third-order valence-corrected chi connectivity index (χ3v) is 1.99. The first-order valence-electron chi connectivity index (χ1n) is 3.68. The number of halogens is 2. The van der Waals surface area contributed by atoms with E-state index in [1.165, 1.54) is 0 Å². The Hall–Kier alpha value is -1.13. The fourth-order valence-electron chi connectivity index (χ4n) is 1.06. The van der Waals surface area contributed by atoms with E-state index in [9.17, 15) is 0 Å². The first-order chi connectivity index (χ1) is 6.27. The highest BCUT2D eigenvalue weighted by Crippen LogP contribution is 2.29. The Kier molecular flexibility index (Phi) is 3.43. The van der Waals surface area contributed by atoms with Crippen LogP contribution in [-0.2, 0) is 4.74 Å². The van der Waals surface area contributed by atoms with Gasteiger partial charge in [-0.05, 0) is 6.07 Å². The molecular weight excluding hydrogens is 225 g/mol. The quantitative estimate of drug-likeness (QED) is 0.794. The number of hydrogen-bond acceptors (Lipinski definition) is 3. The monoisotopic (exact) mass is 231 g/mol. The summed E-state index contributed by atoms with van der Waals surface area (Å²) in [5, 5.41) is 14.8. The average Bonchev–Trinajstić information content (AvgIpc) is 2.53. The molecule has 0 spiro atoms. The van der Waals surface area contributed by atoms with Crippen molar-refractivity contribution in [3.63, 3.8) is 0 Å². The van der Waals surface area contributed by atoms with E-state index in [1.807, 2.05) is 12.1 Å². The number of azo groups is 1. The molecule has 1 unspecified atom stereocenters. The first-order valence-corrected chi connectivity index (χ1v) is 4.05. The van der Waals surface area contributed by atoms with Crippen molar-refractivity contribution < 1.29 is 4.74 Å². The van der Waals surface area contributed by atoms with Crippen LogP contribution in [0.1, 0.15) is 11.8 Å². The molecule has 0 bridgehead atoms. The van der Waals surface area contributed by atoms with Gasteiger partial charge in [-0.1, -0.05) is 34.9 Å². The summed E-state index contributed by atoms with van der Waals surface area (Å²) in [6.45, 7) is 0. The minimum absolute atomic E-state index is 0. The first kappa shape index (κ1) is 10.9. The van der Waals surface area contributed by atoms with Crippen molar-refractivity contribution in [1.82, 2.24) is 0 Å². The molecule has 1 atom stereocenters. The van der Waals surface area contributed by atoms with Gasteiger partial charge >= 0.3 is 6.02 Å². The van der Waals surface area contributed by atoms with Gasteiger partial charge in [0.1, 0.15) is 0 Å². The second kappa shape index (κ2) is 4.39. The maximum atomic E-state index is 7.07. The smallest absolute Gasteiger partial charge is 0.330 e. The molecule has 74 valence electrons. The molecule has 1 aliphatic heterocycles. The number of amidine groups is 1. The third kappa shape index (κ3) is 2.02. The summed E-state index contributed by atoms with van der Waals surface area (Å²) in [6, 6.07) is 7.03. The van der Waals surface area contributed by atoms with Gasteiger partial charge in [-0.3, -0.25) is 0 Å². The molecule has 14 heavy (non-hydrogen) atoms. The van der Waals surface area contributed by atoms with Crippen molar-refractivity contribution in [2.75, 3.05) is 0 Å². The number of hydrogen-bond donors (Lipinski definition) is 1. The van der Waals surface area contributed by atoms with Gasteiger partial charge in [0.15, 0.2) is 0 Å². The van der Waals surface area contributed by atoms with Gasteiger partial charge in [-0.25, -0.2) is 5.41 Å². The van der Waals surface area contributed by atoms with Crippen molar-refractivity contribution in [2.24, 2.45) is 10.2 Å². The number of nitrogens with zero attached hydrogens (tertiary/aromatic N) is 2. The van der Waals surface area contributed by atoms with Crippen LogP contribution in [0.3, 0.4) is 0 Å². The zero-order valence-corrected chi connectivity index (χ0v) is 8.55. The standard InChI is InChI=1S/C8H6ClN3O.ClH/c9-6-4-2-1-3-5(6)7-11-12-8(10)13-7;/h1-4,7,10H;1H. The lowest BCUT2D eigenvalue weighted by atomic mass is 10.2. The van der Waals surface area contributed by atoms with E-state index < -0.39 is 6.23 Å². The summed E-state index contributed by atoms with van der Waals surface area (Å²) in [5.74, 6) is 0. The largest absolute Gasteiger partial charge is 0.431 e. The molecule has 2 rings (SSSR count). The molecule has 1 aromatic carbocycles. The Morgan fingerprint density at radius 2 is 2.07 bits per heavy atom. The summed E-state index contributed by atoms with van der Waals surface area (Å²) in [5.41, 5.74) is 0.732. The summed E-state index contributed by atoms with van der Waals surface area (Å²) < 4.78 is 4.99. The molecular formula is C8H7Cl2N3O. The van der Waals surface area contributed by atoms with E-state index in [0.717, 1.165) is 5.56 Å². The third-order valence-electron chi connectivity index (χ3n) is 1.65. The van der Waals surface area contributed by atoms with Gasteiger partial charge in [0.2, 0.25) is 6.23 Å². The molecule has 1 heterocycles. The van der Waals surface area contributed by atoms with E-state index in [4.69, 9.17) is 21.7 Å². The Morgan fingerprint density at radius 3 is 2.64 bits per heavy atom. The molecule has 0 radical (unpaired) electrons. The summed E-state index contributed by atoms with van der Waals surface area (Å²) in [6.07, 6.45) is -0.554. The lowest BCUT2D eigenvalue weighted by Crippen LogP contribution is -1.99. The van der Waals surface area contributed by atoms with Gasteiger partial charge in [-0.15, -0.1) is 17.5 Å². The fourth-order valence-corrected chi connectivity index (χ4v) is 1.29. The topological polar surface area (TPSA) is 57.8 Å². The molecule has 0 aromatic heterocycles. The molecule has 1 aromatic rings. The van der Waals surface area contributed by atoms with E-state index >= 15 is 0 Å². The van der Waals surface area contributed by atoms with Gasteiger partial charge in [-0.2, -0.15) is 0 Å². The Balaban J connectivity index is 0.000000980. The highest BCUT2D eigenvalue weighted by Gasteiger charge is 2.21. The molecule has 1 aliphatic rings. The van der Waals surface area contributed by atoms with Crippen molar-refractivity contribution in [1.29, 1.82) is 5.41 Å². The second-order valence-electron chi connectivity index (χ2n) is 2.51. The van der Waals surface area contributed by atoms with Crippen LogP contribution in [0.4, 0.5) is 0 Å². The summed E-state index contributed by atoms with van der Waals surface area (Å²) in [7, 11) is 0. The van der Waals surface area contributed by atoms with Crippen LogP contribution in [-0.4, -0.2) is 6.02 Å². The van der Waals surface area contributed by atoms with E-state index in [-0.39, 0.29) is 18.4 Å². The zero-order valence-electron chi connectivity index (χ0n) is 6.98. The molecule has 1 N–H and O–H groups in total. The normalized spacial score (nSPS) is 18.9. The molecule has 0 amide bonds. The Morgan fingerprint density at radius 1 is 1.36 bits per heavy atom. The number of rotatable bonds is 1. The van der Waals surface area contributed by atoms with E-state index in [1.54, 1.807) is 12.1 Å². The van der Waals surface area contributed by atoms with Crippen LogP contribution >= 0.6 is 24.0 Å². The predicted molar refractivity (Wildman–Crippen MR) is 55.1 cm³/mol. The molecule has 0 saturated heterocycles. The highest BCUT2D eigenvalue weighted by molar-refractivity contribution is 6.31. The zero-order chi connectivity index (χ0) is 9.26. The Bertz CT molecular complexity index is 381. The second-order valence-corrected chi connectivity index (χ2v) is 2.92. The lowest BCUT2D eigenvalue weighted by Gasteiger charge is -2.07. The van der Waals surface area contributed by atoms with Gasteiger partial charge in [0.25, 0.3) is 0 Å². The molecule has 0 saturated carbocycles. The van der Waals surface area contributed by atoms with Gasteiger partial charge in [0, 0.05) is 10.6 Å². The molecule has 0 fully saturated rings. The lowest BCUT2D eigenvalue weighted by molar-refractivity contribution is 0.220. The van der Waals surface area contributed by atoms with Crippen molar-refractivity contribution in [3.8, 4) is 0 Å². The van der Waals surface area contributed by atoms with Crippen LogP contribution in [0.15, 0.2) is 34.5 Å². The van der Waals surface area contributed by atoms with E-state index in [2.05, 4.69) is 10.2 Å². The van der Waals surface area contributed by atoms with Crippen LogP contribution in [0.5, 0.6) is 0 Å². The maximum absolute atomic E-state index is 7.07. The number of nitrogens with one attached hydrogen (secondary N) is 1. The minimum atomic E-state index is -0.554. The SMILES string of the molecule is Cl.N=C1N=NC(c2ccccc2Cl)O1.